The van der Waals surface area contributed by atoms with E-state index < -0.39 is 0 Å². The summed E-state index contributed by atoms with van der Waals surface area (Å²) in [4.78, 5) is 30.2. The van der Waals surface area contributed by atoms with Crippen LogP contribution in [0.3, 0.4) is 0 Å². The molecule has 1 saturated heterocycles. The predicted molar refractivity (Wildman–Crippen MR) is 93.0 cm³/mol. The summed E-state index contributed by atoms with van der Waals surface area (Å²) in [5.41, 5.74) is 3.19. The third kappa shape index (κ3) is 3.22. The van der Waals surface area contributed by atoms with Gasteiger partial charge >= 0.3 is 0 Å². The average molecular weight is 312 g/mol. The van der Waals surface area contributed by atoms with Gasteiger partial charge in [-0.3, -0.25) is 14.5 Å². The molecule has 2 heterocycles. The summed E-state index contributed by atoms with van der Waals surface area (Å²) in [5.74, 6) is 0.672. The molecule has 23 heavy (non-hydrogen) atoms. The number of carbonyl (C=O) groups is 1. The highest BCUT2D eigenvalue weighted by Crippen LogP contribution is 2.19. The summed E-state index contributed by atoms with van der Waals surface area (Å²) >= 11 is 0. The highest BCUT2D eigenvalue weighted by molar-refractivity contribution is 5.97. The number of nitrogens with one attached hydrogen (secondary N) is 1. The normalized spacial score (nSPS) is 19.2. The van der Waals surface area contributed by atoms with Gasteiger partial charge in [0.2, 0.25) is 0 Å². The molecule has 0 spiro atoms. The molecule has 0 amide bonds. The fourth-order valence-electron chi connectivity index (χ4n) is 3.51. The third-order valence-electron chi connectivity index (χ3n) is 4.84. The lowest BCUT2D eigenvalue weighted by Gasteiger charge is -2.31. The van der Waals surface area contributed by atoms with E-state index in [4.69, 9.17) is 0 Å². The maximum Gasteiger partial charge on any atom is 0.194 e. The number of hydrogen-bond donors (Lipinski definition) is 1. The van der Waals surface area contributed by atoms with Crippen molar-refractivity contribution in [2.24, 2.45) is 5.92 Å². The van der Waals surface area contributed by atoms with Gasteiger partial charge in [-0.05, 0) is 57.4 Å². The van der Waals surface area contributed by atoms with Crippen molar-refractivity contribution in [3.8, 4) is 0 Å². The summed E-state index contributed by atoms with van der Waals surface area (Å²) in [7, 11) is 0. The maximum absolute atomic E-state index is 12.9. The minimum atomic E-state index is -0.0155. The largest absolute Gasteiger partial charge is 0.358 e. The molecule has 1 aliphatic rings. The van der Waals surface area contributed by atoms with E-state index >= 15 is 0 Å². The fraction of sp³-hybridized carbons (Fsp3) is 0.474. The first-order valence-corrected chi connectivity index (χ1v) is 8.34. The zero-order valence-corrected chi connectivity index (χ0v) is 14.1. The van der Waals surface area contributed by atoms with Gasteiger partial charge in [0.15, 0.2) is 11.2 Å². The van der Waals surface area contributed by atoms with Crippen molar-refractivity contribution in [3.05, 3.63) is 45.2 Å². The number of benzene rings is 1. The quantitative estimate of drug-likeness (QED) is 0.885. The molecule has 0 bridgehead atoms. The lowest BCUT2D eigenvalue weighted by atomic mass is 9.99. The monoisotopic (exact) mass is 312 g/mol. The number of carbonyl (C=O) groups excluding carboxylic acids is 1. The molecule has 1 aromatic carbocycles. The van der Waals surface area contributed by atoms with Gasteiger partial charge in [-0.1, -0.05) is 6.92 Å². The van der Waals surface area contributed by atoms with Crippen molar-refractivity contribution in [1.29, 1.82) is 0 Å². The molecular weight excluding hydrogens is 288 g/mol. The van der Waals surface area contributed by atoms with E-state index in [9.17, 15) is 9.59 Å². The molecule has 1 aromatic heterocycles. The van der Waals surface area contributed by atoms with Crippen LogP contribution in [0.4, 0.5) is 0 Å². The number of piperidine rings is 1. The molecule has 4 nitrogen and oxygen atoms in total. The van der Waals surface area contributed by atoms with Crippen LogP contribution < -0.4 is 5.43 Å². The van der Waals surface area contributed by atoms with E-state index in [0.717, 1.165) is 29.9 Å². The van der Waals surface area contributed by atoms with Crippen molar-refractivity contribution < 1.29 is 4.79 Å². The van der Waals surface area contributed by atoms with Gasteiger partial charge in [0.1, 0.15) is 0 Å². The maximum atomic E-state index is 12.9. The number of likely N-dealkylation sites (tertiary alicyclic amines) is 1. The zero-order valence-electron chi connectivity index (χ0n) is 14.1. The summed E-state index contributed by atoms with van der Waals surface area (Å²) in [6.07, 6.45) is 2.46. The molecule has 1 atom stereocenters. The molecule has 1 unspecified atom stereocenters. The molecule has 1 N–H and O–H groups in total. The summed E-state index contributed by atoms with van der Waals surface area (Å²) in [6, 6.07) is 5.32. The second kappa shape index (κ2) is 6.28. The molecule has 2 aromatic rings. The zero-order chi connectivity index (χ0) is 16.6. The number of fused-ring (bicyclic) bond motifs is 1. The van der Waals surface area contributed by atoms with Crippen LogP contribution in [0, 0.1) is 12.8 Å². The first kappa shape index (κ1) is 15.9. The SMILES string of the molecule is CC(=O)c1ccc2[nH]c(C)c(CN3CCCC(C)C3)c(=O)c2c1. The Labute approximate surface area is 136 Å². The molecule has 4 heteroatoms. The lowest BCUT2D eigenvalue weighted by molar-refractivity contribution is 0.101. The number of hydrogen-bond acceptors (Lipinski definition) is 3. The number of rotatable bonds is 3. The van der Waals surface area contributed by atoms with Gasteiger partial charge < -0.3 is 4.98 Å². The van der Waals surface area contributed by atoms with Crippen molar-refractivity contribution in [3.63, 3.8) is 0 Å². The third-order valence-corrected chi connectivity index (χ3v) is 4.84. The Kier molecular flexibility index (Phi) is 4.35. The predicted octanol–water partition coefficient (Wildman–Crippen LogP) is 3.27. The lowest BCUT2D eigenvalue weighted by Crippen LogP contribution is -2.35. The average Bonchev–Trinajstić information content (AvgIpc) is 2.51. The molecule has 3 rings (SSSR count). The smallest absolute Gasteiger partial charge is 0.194 e. The Morgan fingerprint density at radius 1 is 1.39 bits per heavy atom. The van der Waals surface area contributed by atoms with Gasteiger partial charge in [-0.15, -0.1) is 0 Å². The minimum Gasteiger partial charge on any atom is -0.358 e. The molecule has 0 radical (unpaired) electrons. The number of nitrogens with zero attached hydrogens (tertiary/aromatic N) is 1. The molecule has 0 aliphatic carbocycles. The molecule has 122 valence electrons. The summed E-state index contributed by atoms with van der Waals surface area (Å²) in [6.45, 7) is 8.54. The highest BCUT2D eigenvalue weighted by atomic mass is 16.1. The number of H-pyrrole nitrogens is 1. The Bertz CT molecular complexity index is 807. The van der Waals surface area contributed by atoms with Crippen LogP contribution in [-0.2, 0) is 6.54 Å². The van der Waals surface area contributed by atoms with E-state index in [1.54, 1.807) is 12.1 Å². The number of aromatic amines is 1. The van der Waals surface area contributed by atoms with E-state index in [-0.39, 0.29) is 11.2 Å². The standard InChI is InChI=1S/C19H24N2O2/c1-12-5-4-8-21(10-12)11-17-13(2)20-18-7-6-15(14(3)22)9-16(18)19(17)23/h6-7,9,12H,4-5,8,10-11H2,1-3H3,(H,20,23). The summed E-state index contributed by atoms with van der Waals surface area (Å²) < 4.78 is 0. The number of ketones is 1. The van der Waals surface area contributed by atoms with Crippen LogP contribution in [0.1, 0.15) is 48.3 Å². The molecule has 1 aliphatic heterocycles. The van der Waals surface area contributed by atoms with Crippen LogP contribution in [0.25, 0.3) is 10.9 Å². The van der Waals surface area contributed by atoms with Gasteiger partial charge in [0.05, 0.1) is 0 Å². The van der Waals surface area contributed by atoms with Crippen molar-refractivity contribution in [2.75, 3.05) is 13.1 Å². The van der Waals surface area contributed by atoms with Crippen molar-refractivity contribution in [1.82, 2.24) is 9.88 Å². The molecular formula is C19H24N2O2. The summed E-state index contributed by atoms with van der Waals surface area (Å²) in [5, 5.41) is 0.614. The van der Waals surface area contributed by atoms with Gasteiger partial charge in [-0.25, -0.2) is 0 Å². The number of pyridine rings is 1. The Balaban J connectivity index is 2.02. The van der Waals surface area contributed by atoms with E-state index in [1.165, 1.54) is 19.8 Å². The Morgan fingerprint density at radius 3 is 2.87 bits per heavy atom. The van der Waals surface area contributed by atoms with Crippen LogP contribution in [0.15, 0.2) is 23.0 Å². The second-order valence-electron chi connectivity index (χ2n) is 6.86. The van der Waals surface area contributed by atoms with E-state index in [2.05, 4.69) is 16.8 Å². The van der Waals surface area contributed by atoms with Crippen LogP contribution in [-0.4, -0.2) is 28.8 Å². The number of aromatic nitrogens is 1. The first-order chi connectivity index (χ1) is 11.0. The Morgan fingerprint density at radius 2 is 2.17 bits per heavy atom. The highest BCUT2D eigenvalue weighted by Gasteiger charge is 2.19. The second-order valence-corrected chi connectivity index (χ2v) is 6.86. The van der Waals surface area contributed by atoms with Gasteiger partial charge in [0.25, 0.3) is 0 Å². The molecule has 1 fully saturated rings. The first-order valence-electron chi connectivity index (χ1n) is 8.34. The topological polar surface area (TPSA) is 53.2 Å². The van der Waals surface area contributed by atoms with Gasteiger partial charge in [-0.2, -0.15) is 0 Å². The van der Waals surface area contributed by atoms with Crippen molar-refractivity contribution >= 4 is 16.7 Å². The van der Waals surface area contributed by atoms with Crippen LogP contribution >= 0.6 is 0 Å². The molecule has 0 saturated carbocycles. The fourth-order valence-corrected chi connectivity index (χ4v) is 3.51. The van der Waals surface area contributed by atoms with Gasteiger partial charge in [0, 0.05) is 40.8 Å². The van der Waals surface area contributed by atoms with E-state index in [1.807, 2.05) is 13.0 Å². The number of aryl methyl sites for hydroxylation is 1. The van der Waals surface area contributed by atoms with Crippen LogP contribution in [0.2, 0.25) is 0 Å². The van der Waals surface area contributed by atoms with E-state index in [0.29, 0.717) is 23.4 Å². The minimum absolute atomic E-state index is 0.0155. The number of Topliss-reactive ketones (excluding diaryl/α,β-unsaturated/α-hetero) is 1. The Hall–Kier alpha value is -1.94. The van der Waals surface area contributed by atoms with Crippen molar-refractivity contribution in [2.45, 2.75) is 40.2 Å². The van der Waals surface area contributed by atoms with Crippen LogP contribution in [0.5, 0.6) is 0 Å².